The third-order valence-electron chi connectivity index (χ3n) is 4.11. The third-order valence-corrected chi connectivity index (χ3v) is 4.96. The highest BCUT2D eigenvalue weighted by molar-refractivity contribution is 7.12. The lowest BCUT2D eigenvalue weighted by molar-refractivity contribution is -0.117. The number of amides is 2. The van der Waals surface area contributed by atoms with Crippen LogP contribution >= 0.6 is 11.3 Å². The molecule has 0 bridgehead atoms. The molecule has 0 unspecified atom stereocenters. The van der Waals surface area contributed by atoms with E-state index in [1.807, 2.05) is 19.2 Å². The molecule has 1 aromatic carbocycles. The van der Waals surface area contributed by atoms with Gasteiger partial charge in [-0.1, -0.05) is 0 Å². The first kappa shape index (κ1) is 19.5. The monoisotopic (exact) mass is 400 g/mol. The molecule has 0 aliphatic carbocycles. The van der Waals surface area contributed by atoms with E-state index in [4.69, 9.17) is 0 Å². The normalized spacial score (nSPS) is 10.6. The van der Waals surface area contributed by atoms with Crippen LogP contribution in [0.15, 0.2) is 46.6 Å². The number of anilines is 1. The average molecular weight is 400 g/mol. The number of carbonyl (C=O) groups excluding carboxylic acids is 2. The molecule has 0 fully saturated rings. The fraction of sp³-hybridized carbons (Fsp3) is 0.278. The molecule has 2 amide bonds. The molecule has 2 heterocycles. The Morgan fingerprint density at radius 3 is 2.43 bits per heavy atom. The van der Waals surface area contributed by atoms with Crippen molar-refractivity contribution in [1.82, 2.24) is 24.7 Å². The highest BCUT2D eigenvalue weighted by Crippen LogP contribution is 2.12. The number of nitrogens with zero attached hydrogens (tertiary/aromatic N) is 5. The van der Waals surface area contributed by atoms with Crippen molar-refractivity contribution < 1.29 is 9.59 Å². The van der Waals surface area contributed by atoms with Gasteiger partial charge in [0.1, 0.15) is 11.5 Å². The maximum Gasteiger partial charge on any atom is 0.369 e. The molecule has 3 aromatic rings. The Morgan fingerprint density at radius 1 is 1.11 bits per heavy atom. The molecule has 9 nitrogen and oxygen atoms in total. The van der Waals surface area contributed by atoms with Gasteiger partial charge in [-0.15, -0.1) is 11.3 Å². The van der Waals surface area contributed by atoms with E-state index >= 15 is 0 Å². The lowest BCUT2D eigenvalue weighted by Gasteiger charge is -2.18. The zero-order valence-corrected chi connectivity index (χ0v) is 16.3. The highest BCUT2D eigenvalue weighted by atomic mass is 32.1. The molecule has 0 aliphatic rings. The lowest BCUT2D eigenvalue weighted by atomic mass is 10.1. The molecular formula is C18H20N6O3S. The van der Waals surface area contributed by atoms with Crippen LogP contribution in [-0.2, 0) is 11.3 Å². The van der Waals surface area contributed by atoms with Gasteiger partial charge >= 0.3 is 5.69 Å². The van der Waals surface area contributed by atoms with Crippen molar-refractivity contribution in [2.45, 2.75) is 20.4 Å². The molecule has 0 radical (unpaired) electrons. The number of hydrogen-bond donors (Lipinski definition) is 1. The van der Waals surface area contributed by atoms with E-state index in [-0.39, 0.29) is 12.5 Å². The van der Waals surface area contributed by atoms with Gasteiger partial charge in [-0.2, -0.15) is 9.36 Å². The summed E-state index contributed by atoms with van der Waals surface area (Å²) in [5, 5.41) is 12.7. The summed E-state index contributed by atoms with van der Waals surface area (Å²) in [5.74, 6) is -0.470. The van der Waals surface area contributed by atoms with E-state index in [2.05, 4.69) is 15.7 Å². The number of thiophene rings is 1. The minimum absolute atomic E-state index is 0.0559. The highest BCUT2D eigenvalue weighted by Gasteiger charge is 2.14. The van der Waals surface area contributed by atoms with Crippen LogP contribution in [0.5, 0.6) is 0 Å². The van der Waals surface area contributed by atoms with Gasteiger partial charge in [0.25, 0.3) is 5.91 Å². The molecular weight excluding hydrogens is 380 g/mol. The third kappa shape index (κ3) is 4.17. The number of nitrogens with one attached hydrogen (secondary N) is 1. The van der Waals surface area contributed by atoms with Crippen LogP contribution in [-0.4, -0.2) is 49.6 Å². The molecule has 146 valence electrons. The van der Waals surface area contributed by atoms with Gasteiger partial charge in [-0.25, -0.2) is 4.79 Å². The molecule has 1 N–H and O–H groups in total. The van der Waals surface area contributed by atoms with Gasteiger partial charge in [-0.05, 0) is 66.1 Å². The van der Waals surface area contributed by atoms with E-state index in [1.165, 1.54) is 11.3 Å². The van der Waals surface area contributed by atoms with Crippen molar-refractivity contribution in [2.24, 2.45) is 0 Å². The minimum Gasteiger partial charge on any atom is -0.339 e. The summed E-state index contributed by atoms with van der Waals surface area (Å²) in [6.45, 7) is 4.85. The van der Waals surface area contributed by atoms with Crippen molar-refractivity contribution in [1.29, 1.82) is 0 Å². The summed E-state index contributed by atoms with van der Waals surface area (Å²) < 4.78 is 2.14. The number of carbonyl (C=O) groups is 2. The van der Waals surface area contributed by atoms with E-state index in [0.717, 1.165) is 9.36 Å². The first-order valence-electron chi connectivity index (χ1n) is 8.79. The standard InChI is InChI=1S/C18H20N6O3S/c1-3-22(4-2)17(26)13-7-9-14(10-8-13)19-15(25)12-23-18(27)24(21-20-23)16-6-5-11-28-16/h5-11H,3-4,12H2,1-2H3,(H,19,25). The summed E-state index contributed by atoms with van der Waals surface area (Å²) in [5.41, 5.74) is 0.592. The quantitative estimate of drug-likeness (QED) is 0.649. The van der Waals surface area contributed by atoms with Gasteiger partial charge in [0.15, 0.2) is 0 Å². The molecule has 0 aliphatic heterocycles. The van der Waals surface area contributed by atoms with Gasteiger partial charge in [-0.3, -0.25) is 9.59 Å². The van der Waals surface area contributed by atoms with Crippen molar-refractivity contribution in [3.8, 4) is 5.00 Å². The Balaban J connectivity index is 1.64. The zero-order valence-electron chi connectivity index (χ0n) is 15.5. The van der Waals surface area contributed by atoms with Crippen LogP contribution < -0.4 is 11.0 Å². The van der Waals surface area contributed by atoms with E-state index in [9.17, 15) is 14.4 Å². The summed E-state index contributed by atoms with van der Waals surface area (Å²) in [4.78, 5) is 38.5. The predicted molar refractivity (Wildman–Crippen MR) is 106 cm³/mol. The summed E-state index contributed by atoms with van der Waals surface area (Å²) in [7, 11) is 0. The van der Waals surface area contributed by atoms with E-state index in [1.54, 1.807) is 41.3 Å². The topological polar surface area (TPSA) is 102 Å². The number of aromatic nitrogens is 4. The van der Waals surface area contributed by atoms with Gasteiger partial charge in [0.05, 0.1) is 0 Å². The second-order valence-electron chi connectivity index (χ2n) is 5.89. The average Bonchev–Trinajstić information content (AvgIpc) is 3.34. The molecule has 0 saturated carbocycles. The molecule has 0 atom stereocenters. The first-order chi connectivity index (χ1) is 13.5. The Kier molecular flexibility index (Phi) is 5.99. The number of hydrogen-bond acceptors (Lipinski definition) is 6. The van der Waals surface area contributed by atoms with Crippen LogP contribution in [0.2, 0.25) is 0 Å². The summed E-state index contributed by atoms with van der Waals surface area (Å²) in [6, 6.07) is 10.2. The Bertz CT molecular complexity index is 1000. The molecule has 3 rings (SSSR count). The molecule has 10 heteroatoms. The summed E-state index contributed by atoms with van der Waals surface area (Å²) in [6.07, 6.45) is 0. The largest absolute Gasteiger partial charge is 0.369 e. The molecule has 2 aromatic heterocycles. The van der Waals surface area contributed by atoms with Crippen LogP contribution in [0.3, 0.4) is 0 Å². The SMILES string of the molecule is CCN(CC)C(=O)c1ccc(NC(=O)Cn2nnn(-c3cccs3)c2=O)cc1. The second-order valence-corrected chi connectivity index (χ2v) is 6.81. The maximum absolute atomic E-state index is 12.3. The van der Waals surface area contributed by atoms with Crippen LogP contribution in [0.25, 0.3) is 5.00 Å². The predicted octanol–water partition coefficient (Wildman–Crippen LogP) is 1.61. The summed E-state index contributed by atoms with van der Waals surface area (Å²) >= 11 is 1.35. The Labute approximate surface area is 165 Å². The van der Waals surface area contributed by atoms with Gasteiger partial charge < -0.3 is 10.2 Å². The maximum atomic E-state index is 12.3. The Hall–Kier alpha value is -3.27. The number of rotatable bonds is 7. The van der Waals surface area contributed by atoms with E-state index in [0.29, 0.717) is 29.3 Å². The number of benzene rings is 1. The van der Waals surface area contributed by atoms with Crippen LogP contribution in [0.4, 0.5) is 5.69 Å². The van der Waals surface area contributed by atoms with Gasteiger partial charge in [0.2, 0.25) is 5.91 Å². The fourth-order valence-corrected chi connectivity index (χ4v) is 3.30. The van der Waals surface area contributed by atoms with Crippen molar-refractivity contribution in [3.05, 3.63) is 57.8 Å². The van der Waals surface area contributed by atoms with Crippen LogP contribution in [0.1, 0.15) is 24.2 Å². The van der Waals surface area contributed by atoms with Crippen molar-refractivity contribution in [2.75, 3.05) is 18.4 Å². The molecule has 28 heavy (non-hydrogen) atoms. The molecule has 0 saturated heterocycles. The zero-order chi connectivity index (χ0) is 20.1. The van der Waals surface area contributed by atoms with E-state index < -0.39 is 11.6 Å². The fourth-order valence-electron chi connectivity index (χ4n) is 2.63. The Morgan fingerprint density at radius 2 is 1.82 bits per heavy atom. The van der Waals surface area contributed by atoms with Crippen LogP contribution in [0, 0.1) is 0 Å². The molecule has 0 spiro atoms. The van der Waals surface area contributed by atoms with Gasteiger partial charge in [0, 0.05) is 24.3 Å². The van der Waals surface area contributed by atoms with Crippen molar-refractivity contribution >= 4 is 28.8 Å². The second kappa shape index (κ2) is 8.61. The van der Waals surface area contributed by atoms with Crippen molar-refractivity contribution in [3.63, 3.8) is 0 Å². The smallest absolute Gasteiger partial charge is 0.339 e. The lowest BCUT2D eigenvalue weighted by Crippen LogP contribution is -2.30. The first-order valence-corrected chi connectivity index (χ1v) is 9.67. The minimum atomic E-state index is -0.488. The number of tetrazole rings is 1.